The summed E-state index contributed by atoms with van der Waals surface area (Å²) in [6, 6.07) is 8.91. The van der Waals surface area contributed by atoms with E-state index in [4.69, 9.17) is 0 Å². The highest BCUT2D eigenvalue weighted by Gasteiger charge is 2.12. The van der Waals surface area contributed by atoms with Crippen molar-refractivity contribution >= 4 is 11.3 Å². The molecule has 1 aromatic carbocycles. The van der Waals surface area contributed by atoms with Gasteiger partial charge >= 0.3 is 0 Å². The molecule has 0 atom stereocenters. The topological polar surface area (TPSA) is 41.6 Å². The predicted octanol–water partition coefficient (Wildman–Crippen LogP) is 3.65. The van der Waals surface area contributed by atoms with E-state index in [9.17, 15) is 4.39 Å². The number of aromatic amines is 1. The van der Waals surface area contributed by atoms with E-state index >= 15 is 0 Å². The fraction of sp³-hybridized carbons (Fsp3) is 0.0769. The van der Waals surface area contributed by atoms with Crippen LogP contribution >= 0.6 is 11.3 Å². The number of benzene rings is 1. The SMILES string of the molecule is Cc1ccc(-c2n[nH]c(-c3cccs3)n2)c(F)c1. The van der Waals surface area contributed by atoms with Crippen molar-refractivity contribution in [2.75, 3.05) is 0 Å². The summed E-state index contributed by atoms with van der Waals surface area (Å²) >= 11 is 1.56. The Hall–Kier alpha value is -2.01. The van der Waals surface area contributed by atoms with Crippen LogP contribution in [0.5, 0.6) is 0 Å². The molecule has 3 aromatic rings. The highest BCUT2D eigenvalue weighted by atomic mass is 32.1. The van der Waals surface area contributed by atoms with Crippen LogP contribution in [0.3, 0.4) is 0 Å². The van der Waals surface area contributed by atoms with Gasteiger partial charge in [-0.3, -0.25) is 5.10 Å². The van der Waals surface area contributed by atoms with E-state index in [1.54, 1.807) is 17.4 Å². The summed E-state index contributed by atoms with van der Waals surface area (Å²) in [5.74, 6) is 0.752. The van der Waals surface area contributed by atoms with Gasteiger partial charge in [0.2, 0.25) is 0 Å². The normalized spacial score (nSPS) is 10.8. The van der Waals surface area contributed by atoms with E-state index in [1.807, 2.05) is 30.5 Å². The van der Waals surface area contributed by atoms with Crippen LogP contribution in [0.15, 0.2) is 35.7 Å². The number of hydrogen-bond acceptors (Lipinski definition) is 3. The van der Waals surface area contributed by atoms with Gasteiger partial charge in [-0.15, -0.1) is 11.3 Å². The van der Waals surface area contributed by atoms with Gasteiger partial charge in [-0.1, -0.05) is 12.1 Å². The van der Waals surface area contributed by atoms with Crippen LogP contribution in [0.4, 0.5) is 4.39 Å². The van der Waals surface area contributed by atoms with Gasteiger partial charge in [0.05, 0.1) is 10.4 Å². The van der Waals surface area contributed by atoms with E-state index in [2.05, 4.69) is 15.2 Å². The minimum atomic E-state index is -0.299. The number of nitrogens with one attached hydrogen (secondary N) is 1. The van der Waals surface area contributed by atoms with Gasteiger partial charge in [0.1, 0.15) is 5.82 Å². The minimum Gasteiger partial charge on any atom is -0.258 e. The van der Waals surface area contributed by atoms with E-state index < -0.39 is 0 Å². The van der Waals surface area contributed by atoms with E-state index in [-0.39, 0.29) is 5.82 Å². The fourth-order valence-corrected chi connectivity index (χ4v) is 2.37. The Kier molecular flexibility index (Phi) is 2.68. The number of H-pyrrole nitrogens is 1. The van der Waals surface area contributed by atoms with Gasteiger partial charge < -0.3 is 0 Å². The summed E-state index contributed by atoms with van der Waals surface area (Å²) in [4.78, 5) is 5.30. The Labute approximate surface area is 107 Å². The lowest BCUT2D eigenvalue weighted by atomic mass is 10.1. The molecule has 5 heteroatoms. The van der Waals surface area contributed by atoms with Crippen molar-refractivity contribution in [3.05, 3.63) is 47.1 Å². The number of aryl methyl sites for hydroxylation is 1. The van der Waals surface area contributed by atoms with Gasteiger partial charge in [0.15, 0.2) is 11.6 Å². The molecule has 0 amide bonds. The van der Waals surface area contributed by atoms with Crippen LogP contribution < -0.4 is 0 Å². The third kappa shape index (κ3) is 1.93. The number of aromatic nitrogens is 3. The predicted molar refractivity (Wildman–Crippen MR) is 69.8 cm³/mol. The maximum absolute atomic E-state index is 13.8. The van der Waals surface area contributed by atoms with Gasteiger partial charge in [-0.25, -0.2) is 9.37 Å². The van der Waals surface area contributed by atoms with Crippen molar-refractivity contribution < 1.29 is 4.39 Å². The van der Waals surface area contributed by atoms with Crippen molar-refractivity contribution in [3.63, 3.8) is 0 Å². The summed E-state index contributed by atoms with van der Waals surface area (Å²) in [5.41, 5.74) is 1.30. The van der Waals surface area contributed by atoms with Crippen LogP contribution in [0, 0.1) is 12.7 Å². The molecule has 18 heavy (non-hydrogen) atoms. The number of thiophene rings is 1. The van der Waals surface area contributed by atoms with Crippen LogP contribution in [-0.4, -0.2) is 15.2 Å². The molecule has 0 aliphatic heterocycles. The summed E-state index contributed by atoms with van der Waals surface area (Å²) < 4.78 is 13.8. The smallest absolute Gasteiger partial charge is 0.184 e. The second-order valence-electron chi connectivity index (χ2n) is 3.97. The van der Waals surface area contributed by atoms with E-state index in [0.29, 0.717) is 17.2 Å². The largest absolute Gasteiger partial charge is 0.258 e. The maximum atomic E-state index is 13.8. The average Bonchev–Trinajstić information content (AvgIpc) is 2.99. The molecule has 0 bridgehead atoms. The van der Waals surface area contributed by atoms with Gasteiger partial charge in [-0.2, -0.15) is 5.10 Å². The van der Waals surface area contributed by atoms with Crippen molar-refractivity contribution in [2.45, 2.75) is 6.92 Å². The van der Waals surface area contributed by atoms with Crippen LogP contribution in [-0.2, 0) is 0 Å². The molecule has 0 radical (unpaired) electrons. The quantitative estimate of drug-likeness (QED) is 0.763. The first-order valence-electron chi connectivity index (χ1n) is 5.47. The number of nitrogens with zero attached hydrogens (tertiary/aromatic N) is 2. The van der Waals surface area contributed by atoms with E-state index in [1.165, 1.54) is 6.07 Å². The average molecular weight is 259 g/mol. The third-order valence-corrected chi connectivity index (χ3v) is 3.48. The van der Waals surface area contributed by atoms with E-state index in [0.717, 1.165) is 10.4 Å². The first-order valence-corrected chi connectivity index (χ1v) is 6.35. The molecule has 0 aliphatic rings. The highest BCUT2D eigenvalue weighted by molar-refractivity contribution is 7.13. The van der Waals surface area contributed by atoms with Crippen LogP contribution in [0.2, 0.25) is 0 Å². The zero-order valence-corrected chi connectivity index (χ0v) is 10.5. The molecule has 0 spiro atoms. The van der Waals surface area contributed by atoms with Gasteiger partial charge in [-0.05, 0) is 36.1 Å². The molecule has 3 nitrogen and oxygen atoms in total. The molecule has 0 unspecified atom stereocenters. The standard InChI is InChI=1S/C13H10FN3S/c1-8-4-5-9(10(14)7-8)12-15-13(17-16-12)11-3-2-6-18-11/h2-7H,1H3,(H,15,16,17). The lowest BCUT2D eigenvalue weighted by Crippen LogP contribution is -1.87. The Morgan fingerprint density at radius 3 is 2.89 bits per heavy atom. The molecule has 1 N–H and O–H groups in total. The number of rotatable bonds is 2. The number of hydrogen-bond donors (Lipinski definition) is 1. The molecule has 90 valence electrons. The van der Waals surface area contributed by atoms with Crippen LogP contribution in [0.1, 0.15) is 5.56 Å². The van der Waals surface area contributed by atoms with Gasteiger partial charge in [0, 0.05) is 0 Å². The maximum Gasteiger partial charge on any atom is 0.184 e. The minimum absolute atomic E-state index is 0.299. The molecule has 0 aliphatic carbocycles. The molecule has 0 saturated heterocycles. The second-order valence-corrected chi connectivity index (χ2v) is 4.92. The molecular formula is C13H10FN3S. The molecule has 0 saturated carbocycles. The Bertz CT molecular complexity index is 673. The second kappa shape index (κ2) is 4.34. The molecule has 0 fully saturated rings. The lowest BCUT2D eigenvalue weighted by molar-refractivity contribution is 0.629. The first kappa shape index (κ1) is 11.1. The van der Waals surface area contributed by atoms with Crippen molar-refractivity contribution in [1.29, 1.82) is 0 Å². The lowest BCUT2D eigenvalue weighted by Gasteiger charge is -1.98. The summed E-state index contributed by atoms with van der Waals surface area (Å²) in [5, 5.41) is 8.86. The van der Waals surface area contributed by atoms with Crippen LogP contribution in [0.25, 0.3) is 22.1 Å². The molecular weight excluding hydrogens is 249 g/mol. The summed E-state index contributed by atoms with van der Waals surface area (Å²) in [7, 11) is 0. The Morgan fingerprint density at radius 1 is 1.28 bits per heavy atom. The monoisotopic (exact) mass is 259 g/mol. The molecule has 2 heterocycles. The fourth-order valence-electron chi connectivity index (χ4n) is 1.71. The Balaban J connectivity index is 2.03. The molecule has 2 aromatic heterocycles. The third-order valence-electron chi connectivity index (χ3n) is 2.61. The molecule has 3 rings (SSSR count). The Morgan fingerprint density at radius 2 is 2.17 bits per heavy atom. The first-order chi connectivity index (χ1) is 8.74. The zero-order valence-electron chi connectivity index (χ0n) is 9.64. The highest BCUT2D eigenvalue weighted by Crippen LogP contribution is 2.25. The van der Waals surface area contributed by atoms with Crippen molar-refractivity contribution in [3.8, 4) is 22.1 Å². The van der Waals surface area contributed by atoms with Crippen molar-refractivity contribution in [1.82, 2.24) is 15.2 Å². The number of halogens is 1. The zero-order chi connectivity index (χ0) is 12.5. The summed E-state index contributed by atoms with van der Waals surface area (Å²) in [6.45, 7) is 1.85. The summed E-state index contributed by atoms with van der Waals surface area (Å²) in [6.07, 6.45) is 0. The van der Waals surface area contributed by atoms with Crippen molar-refractivity contribution in [2.24, 2.45) is 0 Å². The van der Waals surface area contributed by atoms with Gasteiger partial charge in [0.25, 0.3) is 0 Å².